The van der Waals surface area contributed by atoms with Crippen LogP contribution in [0.15, 0.2) is 35.1 Å². The summed E-state index contributed by atoms with van der Waals surface area (Å²) in [5.74, 6) is 0.698. The Bertz CT molecular complexity index is 898. The molecule has 2 heterocycles. The molecule has 0 saturated heterocycles. The Morgan fingerprint density at radius 3 is 2.96 bits per heavy atom. The molecule has 1 atom stereocenters. The van der Waals surface area contributed by atoms with Gasteiger partial charge in [-0.25, -0.2) is 4.68 Å². The first kappa shape index (κ1) is 14.6. The topological polar surface area (TPSA) is 47.8 Å². The van der Waals surface area contributed by atoms with Crippen molar-refractivity contribution in [2.24, 2.45) is 5.92 Å². The van der Waals surface area contributed by atoms with Crippen molar-refractivity contribution in [2.75, 3.05) is 0 Å². The van der Waals surface area contributed by atoms with E-state index in [2.05, 4.69) is 29.4 Å². The van der Waals surface area contributed by atoms with Crippen LogP contribution in [0.5, 0.6) is 0 Å². The Labute approximate surface area is 138 Å². The van der Waals surface area contributed by atoms with Crippen LogP contribution in [0.25, 0.3) is 10.2 Å². The molecule has 118 valence electrons. The molecule has 0 unspecified atom stereocenters. The highest BCUT2D eigenvalue weighted by Crippen LogP contribution is 2.35. The van der Waals surface area contributed by atoms with Crippen molar-refractivity contribution in [1.82, 2.24) is 15.0 Å². The lowest BCUT2D eigenvalue weighted by Crippen LogP contribution is -2.25. The van der Waals surface area contributed by atoms with Gasteiger partial charge >= 0.3 is 0 Å². The van der Waals surface area contributed by atoms with Crippen molar-refractivity contribution < 1.29 is 0 Å². The number of rotatable bonds is 3. The molecule has 4 nitrogen and oxygen atoms in total. The molecule has 0 fully saturated rings. The van der Waals surface area contributed by atoms with Crippen LogP contribution < -0.4 is 5.56 Å². The fourth-order valence-electron chi connectivity index (χ4n) is 3.32. The second kappa shape index (κ2) is 5.89. The summed E-state index contributed by atoms with van der Waals surface area (Å²) in [6, 6.07) is 10.2. The zero-order valence-corrected chi connectivity index (χ0v) is 14.0. The third-order valence-corrected chi connectivity index (χ3v) is 5.78. The summed E-state index contributed by atoms with van der Waals surface area (Å²) in [5, 5.41) is 9.28. The van der Waals surface area contributed by atoms with E-state index >= 15 is 0 Å². The highest BCUT2D eigenvalue weighted by molar-refractivity contribution is 7.18. The first-order valence-electron chi connectivity index (χ1n) is 8.14. The van der Waals surface area contributed by atoms with Gasteiger partial charge in [0.05, 0.1) is 11.9 Å². The monoisotopic (exact) mass is 325 g/mol. The van der Waals surface area contributed by atoms with Crippen molar-refractivity contribution in [3.8, 4) is 0 Å². The minimum atomic E-state index is 0.0259. The third-order valence-electron chi connectivity index (χ3n) is 4.64. The van der Waals surface area contributed by atoms with E-state index in [1.54, 1.807) is 11.3 Å². The second-order valence-electron chi connectivity index (χ2n) is 6.39. The van der Waals surface area contributed by atoms with E-state index in [1.807, 2.05) is 18.2 Å². The summed E-state index contributed by atoms with van der Waals surface area (Å²) in [5.41, 5.74) is 2.47. The SMILES string of the molecule is C[C@H]1CCc2c(sc3nnn(CCc4ccccc4)c(=O)c23)C1. The molecule has 0 N–H and O–H groups in total. The molecular formula is C18H19N3OS. The van der Waals surface area contributed by atoms with Gasteiger partial charge in [0, 0.05) is 4.88 Å². The van der Waals surface area contributed by atoms with Crippen LogP contribution in [0.4, 0.5) is 0 Å². The number of hydrogen-bond donors (Lipinski definition) is 0. The molecule has 0 spiro atoms. The summed E-state index contributed by atoms with van der Waals surface area (Å²) < 4.78 is 1.53. The van der Waals surface area contributed by atoms with Gasteiger partial charge in [-0.05, 0) is 42.7 Å². The second-order valence-corrected chi connectivity index (χ2v) is 7.47. The molecule has 1 aromatic carbocycles. The average Bonchev–Trinajstić information content (AvgIpc) is 2.93. The molecular weight excluding hydrogens is 306 g/mol. The fraction of sp³-hybridized carbons (Fsp3) is 0.389. The zero-order chi connectivity index (χ0) is 15.8. The Morgan fingerprint density at radius 2 is 2.13 bits per heavy atom. The number of aryl methyl sites for hydroxylation is 3. The van der Waals surface area contributed by atoms with E-state index in [0.29, 0.717) is 12.5 Å². The van der Waals surface area contributed by atoms with Gasteiger partial charge in [-0.2, -0.15) is 0 Å². The zero-order valence-electron chi connectivity index (χ0n) is 13.2. The molecule has 0 radical (unpaired) electrons. The lowest BCUT2D eigenvalue weighted by Gasteiger charge is -2.17. The standard InChI is InChI=1S/C18H19N3OS/c1-12-7-8-14-15(11-12)23-17-16(14)18(22)21(20-19-17)10-9-13-5-3-2-4-6-13/h2-6,12H,7-11H2,1H3/t12-/m0/s1. The van der Waals surface area contributed by atoms with Crippen molar-refractivity contribution in [3.05, 3.63) is 56.7 Å². The average molecular weight is 325 g/mol. The molecule has 4 rings (SSSR count). The van der Waals surface area contributed by atoms with Gasteiger partial charge in [0.15, 0.2) is 4.83 Å². The van der Waals surface area contributed by atoms with Crippen LogP contribution in [0, 0.1) is 5.92 Å². The minimum absolute atomic E-state index is 0.0259. The van der Waals surface area contributed by atoms with Crippen molar-refractivity contribution >= 4 is 21.6 Å². The number of benzene rings is 1. The van der Waals surface area contributed by atoms with Crippen molar-refractivity contribution in [1.29, 1.82) is 0 Å². The van der Waals surface area contributed by atoms with E-state index in [-0.39, 0.29) is 5.56 Å². The van der Waals surface area contributed by atoms with Gasteiger partial charge in [-0.3, -0.25) is 4.79 Å². The lowest BCUT2D eigenvalue weighted by atomic mass is 9.89. The van der Waals surface area contributed by atoms with Gasteiger partial charge in [0.1, 0.15) is 0 Å². The number of hydrogen-bond acceptors (Lipinski definition) is 4. The maximum Gasteiger partial charge on any atom is 0.278 e. The van der Waals surface area contributed by atoms with Crippen LogP contribution in [0.3, 0.4) is 0 Å². The third kappa shape index (κ3) is 2.70. The first-order chi connectivity index (χ1) is 11.2. The Balaban J connectivity index is 1.69. The Morgan fingerprint density at radius 1 is 1.30 bits per heavy atom. The number of nitrogens with zero attached hydrogens (tertiary/aromatic N) is 3. The summed E-state index contributed by atoms with van der Waals surface area (Å²) in [6.07, 6.45) is 4.02. The van der Waals surface area contributed by atoms with Crippen molar-refractivity contribution in [2.45, 2.75) is 39.2 Å². The van der Waals surface area contributed by atoms with Crippen LogP contribution in [0.2, 0.25) is 0 Å². The van der Waals surface area contributed by atoms with Gasteiger partial charge in [-0.15, -0.1) is 16.4 Å². The predicted octanol–water partition coefficient (Wildman–Crippen LogP) is 3.22. The maximum absolute atomic E-state index is 12.8. The summed E-state index contributed by atoms with van der Waals surface area (Å²) in [6.45, 7) is 2.85. The van der Waals surface area contributed by atoms with Crippen LogP contribution >= 0.6 is 11.3 Å². The summed E-state index contributed by atoms with van der Waals surface area (Å²) >= 11 is 1.65. The van der Waals surface area contributed by atoms with Crippen LogP contribution in [-0.2, 0) is 25.8 Å². The van der Waals surface area contributed by atoms with E-state index in [0.717, 1.165) is 35.9 Å². The van der Waals surface area contributed by atoms with Crippen LogP contribution in [-0.4, -0.2) is 15.0 Å². The minimum Gasteiger partial charge on any atom is -0.267 e. The Kier molecular flexibility index (Phi) is 3.73. The lowest BCUT2D eigenvalue weighted by molar-refractivity contribution is 0.508. The quantitative estimate of drug-likeness (QED) is 0.743. The normalized spacial score (nSPS) is 17.3. The number of aromatic nitrogens is 3. The highest BCUT2D eigenvalue weighted by Gasteiger charge is 2.23. The van der Waals surface area contributed by atoms with Gasteiger partial charge in [0.2, 0.25) is 0 Å². The predicted molar refractivity (Wildman–Crippen MR) is 93.0 cm³/mol. The summed E-state index contributed by atoms with van der Waals surface area (Å²) in [7, 11) is 0. The van der Waals surface area contributed by atoms with Gasteiger partial charge in [0.25, 0.3) is 5.56 Å². The molecule has 0 bridgehead atoms. The van der Waals surface area contributed by atoms with Crippen LogP contribution in [0.1, 0.15) is 29.3 Å². The molecule has 1 aliphatic carbocycles. The van der Waals surface area contributed by atoms with E-state index in [4.69, 9.17) is 0 Å². The maximum atomic E-state index is 12.8. The molecule has 3 aromatic rings. The van der Waals surface area contributed by atoms with Crippen molar-refractivity contribution in [3.63, 3.8) is 0 Å². The molecule has 1 aliphatic rings. The molecule has 0 amide bonds. The van der Waals surface area contributed by atoms with E-state index < -0.39 is 0 Å². The van der Waals surface area contributed by atoms with E-state index in [1.165, 1.54) is 20.7 Å². The molecule has 2 aromatic heterocycles. The number of thiophene rings is 1. The highest BCUT2D eigenvalue weighted by atomic mass is 32.1. The molecule has 0 saturated carbocycles. The molecule has 0 aliphatic heterocycles. The smallest absolute Gasteiger partial charge is 0.267 e. The van der Waals surface area contributed by atoms with Gasteiger partial charge < -0.3 is 0 Å². The largest absolute Gasteiger partial charge is 0.278 e. The number of fused-ring (bicyclic) bond motifs is 3. The van der Waals surface area contributed by atoms with E-state index in [9.17, 15) is 4.79 Å². The fourth-order valence-corrected chi connectivity index (χ4v) is 4.64. The molecule has 23 heavy (non-hydrogen) atoms. The summed E-state index contributed by atoms with van der Waals surface area (Å²) in [4.78, 5) is 15.0. The Hall–Kier alpha value is -2.01. The van der Waals surface area contributed by atoms with Gasteiger partial charge in [-0.1, -0.05) is 42.5 Å². The molecule has 5 heteroatoms. The first-order valence-corrected chi connectivity index (χ1v) is 8.96.